The maximum Gasteiger partial charge on any atom is 0.261 e. The second-order valence-corrected chi connectivity index (χ2v) is 3.88. The largest absolute Gasteiger partial charge is 0.495 e. The quantitative estimate of drug-likeness (QED) is 0.648. The molecule has 0 aliphatic heterocycles. The molecule has 19 heavy (non-hydrogen) atoms. The second kappa shape index (κ2) is 5.27. The number of ether oxygens (including phenoxy) is 1. The van der Waals surface area contributed by atoms with Gasteiger partial charge in [-0.05, 0) is 12.1 Å². The van der Waals surface area contributed by atoms with Crippen molar-refractivity contribution in [1.82, 2.24) is 10.3 Å². The fourth-order valence-corrected chi connectivity index (χ4v) is 1.88. The van der Waals surface area contributed by atoms with Crippen molar-refractivity contribution in [2.45, 2.75) is 0 Å². The van der Waals surface area contributed by atoms with Gasteiger partial charge in [-0.3, -0.25) is 4.79 Å². The third-order valence-electron chi connectivity index (χ3n) is 2.82. The molecule has 1 aromatic heterocycles. The molecule has 2 N–H and O–H groups in total. The number of benzene rings is 1. The number of methoxy groups -OCH3 is 1. The number of aromatic nitrogens is 1. The number of hydrogen-bond acceptors (Lipinski definition) is 3. The van der Waals surface area contributed by atoms with Gasteiger partial charge in [-0.25, -0.2) is 0 Å². The van der Waals surface area contributed by atoms with E-state index in [1.807, 2.05) is 24.3 Å². The summed E-state index contributed by atoms with van der Waals surface area (Å²) in [5, 5.41) is 12.3. The third-order valence-corrected chi connectivity index (χ3v) is 2.82. The lowest BCUT2D eigenvalue weighted by atomic mass is 10.1. The maximum absolute atomic E-state index is 11.5. The number of aromatic amines is 1. The van der Waals surface area contributed by atoms with Crippen LogP contribution in [0.4, 0.5) is 0 Å². The van der Waals surface area contributed by atoms with Crippen molar-refractivity contribution in [3.63, 3.8) is 0 Å². The standard InChI is InChI=1S/C14H13N3O2/c1-16-14(18)9(7-15)6-10-8-17-13-11(10)4-3-5-12(13)19-2/h3-6,8,17H,1-2H3,(H,16,18). The maximum atomic E-state index is 11.5. The average Bonchev–Trinajstić information content (AvgIpc) is 2.86. The molecule has 0 aliphatic rings. The normalized spacial score (nSPS) is 11.1. The van der Waals surface area contributed by atoms with Crippen molar-refractivity contribution in [1.29, 1.82) is 5.26 Å². The van der Waals surface area contributed by atoms with Crippen LogP contribution in [-0.2, 0) is 4.79 Å². The summed E-state index contributed by atoms with van der Waals surface area (Å²) < 4.78 is 5.24. The minimum Gasteiger partial charge on any atom is -0.495 e. The van der Waals surface area contributed by atoms with Gasteiger partial charge in [0.05, 0.1) is 12.6 Å². The van der Waals surface area contributed by atoms with E-state index in [-0.39, 0.29) is 5.57 Å². The van der Waals surface area contributed by atoms with E-state index in [4.69, 9.17) is 10.00 Å². The van der Waals surface area contributed by atoms with Gasteiger partial charge in [0.2, 0.25) is 0 Å². The van der Waals surface area contributed by atoms with Gasteiger partial charge in [-0.2, -0.15) is 5.26 Å². The molecular weight excluding hydrogens is 242 g/mol. The van der Waals surface area contributed by atoms with Gasteiger partial charge in [-0.15, -0.1) is 0 Å². The lowest BCUT2D eigenvalue weighted by Gasteiger charge is -2.01. The predicted octanol–water partition coefficient (Wildman–Crippen LogP) is 1.83. The fraction of sp³-hybridized carbons (Fsp3) is 0.143. The Hall–Kier alpha value is -2.74. The number of para-hydroxylation sites is 1. The van der Waals surface area contributed by atoms with Crippen LogP contribution in [0.5, 0.6) is 5.75 Å². The molecule has 2 aromatic rings. The number of nitrogens with zero attached hydrogens (tertiary/aromatic N) is 1. The fourth-order valence-electron chi connectivity index (χ4n) is 1.88. The first-order valence-corrected chi connectivity index (χ1v) is 5.69. The van der Waals surface area contributed by atoms with E-state index in [0.717, 1.165) is 22.2 Å². The molecule has 5 heteroatoms. The number of fused-ring (bicyclic) bond motifs is 1. The van der Waals surface area contributed by atoms with Gasteiger partial charge in [0, 0.05) is 24.2 Å². The summed E-state index contributed by atoms with van der Waals surface area (Å²) in [6.07, 6.45) is 3.30. The van der Waals surface area contributed by atoms with Crippen LogP contribution >= 0.6 is 0 Å². The molecule has 0 unspecified atom stereocenters. The van der Waals surface area contributed by atoms with E-state index in [0.29, 0.717) is 0 Å². The number of nitrogens with one attached hydrogen (secondary N) is 2. The number of hydrogen-bond donors (Lipinski definition) is 2. The summed E-state index contributed by atoms with van der Waals surface area (Å²) in [5.41, 5.74) is 1.67. The van der Waals surface area contributed by atoms with Crippen LogP contribution in [0.15, 0.2) is 30.0 Å². The van der Waals surface area contributed by atoms with Crippen LogP contribution in [0, 0.1) is 11.3 Å². The molecule has 0 radical (unpaired) electrons. The van der Waals surface area contributed by atoms with E-state index in [9.17, 15) is 4.79 Å². The summed E-state index contributed by atoms with van der Waals surface area (Å²) in [6.45, 7) is 0. The Labute approximate surface area is 110 Å². The molecular formula is C14H13N3O2. The van der Waals surface area contributed by atoms with Gasteiger partial charge in [-0.1, -0.05) is 12.1 Å². The number of H-pyrrole nitrogens is 1. The van der Waals surface area contributed by atoms with E-state index in [1.165, 1.54) is 7.05 Å². The SMILES string of the molecule is CNC(=O)C(C#N)=Cc1c[nH]c2c(OC)cccc12. The summed E-state index contributed by atoms with van der Waals surface area (Å²) in [4.78, 5) is 14.6. The number of nitriles is 1. The monoisotopic (exact) mass is 255 g/mol. The molecule has 0 aliphatic carbocycles. The Morgan fingerprint density at radius 1 is 1.53 bits per heavy atom. The van der Waals surface area contributed by atoms with Crippen LogP contribution in [0.1, 0.15) is 5.56 Å². The first-order chi connectivity index (χ1) is 9.21. The molecule has 1 aromatic carbocycles. The van der Waals surface area contributed by atoms with Crippen molar-refractivity contribution in [2.24, 2.45) is 0 Å². The molecule has 0 spiro atoms. The van der Waals surface area contributed by atoms with Crippen LogP contribution in [0.25, 0.3) is 17.0 Å². The average molecular weight is 255 g/mol. The first kappa shape index (κ1) is 12.7. The first-order valence-electron chi connectivity index (χ1n) is 5.69. The highest BCUT2D eigenvalue weighted by molar-refractivity contribution is 6.04. The Bertz CT molecular complexity index is 692. The number of carbonyl (C=O) groups is 1. The van der Waals surface area contributed by atoms with Gasteiger partial charge in [0.25, 0.3) is 5.91 Å². The molecule has 1 heterocycles. The van der Waals surface area contributed by atoms with Gasteiger partial charge in [0.1, 0.15) is 17.4 Å². The molecule has 0 bridgehead atoms. The van der Waals surface area contributed by atoms with Crippen molar-refractivity contribution < 1.29 is 9.53 Å². The summed E-state index contributed by atoms with van der Waals surface area (Å²) in [6, 6.07) is 7.49. The lowest BCUT2D eigenvalue weighted by Crippen LogP contribution is -2.19. The van der Waals surface area contributed by atoms with Crippen LogP contribution in [-0.4, -0.2) is 25.0 Å². The highest BCUT2D eigenvalue weighted by Crippen LogP contribution is 2.28. The molecule has 1 amide bonds. The topological polar surface area (TPSA) is 77.9 Å². The van der Waals surface area contributed by atoms with E-state index in [1.54, 1.807) is 19.4 Å². The predicted molar refractivity (Wildman–Crippen MR) is 72.5 cm³/mol. The summed E-state index contributed by atoms with van der Waals surface area (Å²) in [7, 11) is 3.09. The highest BCUT2D eigenvalue weighted by Gasteiger charge is 2.10. The minimum atomic E-state index is -0.403. The zero-order valence-corrected chi connectivity index (χ0v) is 10.7. The van der Waals surface area contributed by atoms with Crippen LogP contribution in [0.3, 0.4) is 0 Å². The van der Waals surface area contributed by atoms with E-state index in [2.05, 4.69) is 10.3 Å². The van der Waals surface area contributed by atoms with Gasteiger partial charge < -0.3 is 15.0 Å². The number of carbonyl (C=O) groups excluding carboxylic acids is 1. The zero-order valence-electron chi connectivity index (χ0n) is 10.7. The highest BCUT2D eigenvalue weighted by atomic mass is 16.5. The lowest BCUT2D eigenvalue weighted by molar-refractivity contribution is -0.116. The number of amides is 1. The summed E-state index contributed by atoms with van der Waals surface area (Å²) in [5.74, 6) is 0.315. The van der Waals surface area contributed by atoms with Crippen molar-refractivity contribution in [3.8, 4) is 11.8 Å². The van der Waals surface area contributed by atoms with Crippen molar-refractivity contribution in [2.75, 3.05) is 14.2 Å². The minimum absolute atomic E-state index is 0.0613. The van der Waals surface area contributed by atoms with E-state index >= 15 is 0 Å². The van der Waals surface area contributed by atoms with Crippen molar-refractivity contribution >= 4 is 22.9 Å². The Morgan fingerprint density at radius 3 is 2.95 bits per heavy atom. The third kappa shape index (κ3) is 2.29. The van der Waals surface area contributed by atoms with Crippen molar-refractivity contribution in [3.05, 3.63) is 35.5 Å². The Morgan fingerprint density at radius 2 is 2.32 bits per heavy atom. The molecule has 0 fully saturated rings. The smallest absolute Gasteiger partial charge is 0.261 e. The zero-order chi connectivity index (χ0) is 13.8. The Kier molecular flexibility index (Phi) is 3.53. The second-order valence-electron chi connectivity index (χ2n) is 3.88. The molecule has 0 saturated carbocycles. The molecule has 0 saturated heterocycles. The van der Waals surface area contributed by atoms with Crippen LogP contribution in [0.2, 0.25) is 0 Å². The Balaban J connectivity index is 2.56. The molecule has 96 valence electrons. The van der Waals surface area contributed by atoms with Gasteiger partial charge in [0.15, 0.2) is 0 Å². The molecule has 5 nitrogen and oxygen atoms in total. The van der Waals surface area contributed by atoms with Crippen LogP contribution < -0.4 is 10.1 Å². The van der Waals surface area contributed by atoms with E-state index < -0.39 is 5.91 Å². The summed E-state index contributed by atoms with van der Waals surface area (Å²) >= 11 is 0. The molecule has 2 rings (SSSR count). The number of rotatable bonds is 3. The van der Waals surface area contributed by atoms with Gasteiger partial charge >= 0.3 is 0 Å². The number of likely N-dealkylation sites (N-methyl/N-ethyl adjacent to an activating group) is 1. The molecule has 0 atom stereocenters.